The van der Waals surface area contributed by atoms with Crippen molar-refractivity contribution >= 4 is 18.1 Å². The fourth-order valence-electron chi connectivity index (χ4n) is 1.30. The summed E-state index contributed by atoms with van der Waals surface area (Å²) in [6.45, 7) is 0. The van der Waals surface area contributed by atoms with Crippen LogP contribution in [-0.4, -0.2) is 11.1 Å². The Labute approximate surface area is 92.6 Å². The Hall–Kier alpha value is -2.29. The Morgan fingerprint density at radius 1 is 1.06 bits per heavy atom. The summed E-state index contributed by atoms with van der Waals surface area (Å²) in [6.07, 6.45) is 3.60. The number of benzene rings is 1. The largest absolute Gasteiger partial charge is 0.475 e. The molecule has 1 aromatic heterocycles. The van der Waals surface area contributed by atoms with Crippen LogP contribution in [0.4, 0.5) is 0 Å². The third-order valence-corrected chi connectivity index (χ3v) is 2.08. The van der Waals surface area contributed by atoms with E-state index < -0.39 is 5.97 Å². The lowest BCUT2D eigenvalue weighted by Gasteiger charge is -1.90. The van der Waals surface area contributed by atoms with E-state index in [2.05, 4.69) is 0 Å². The normalized spacial score (nSPS) is 10.8. The Bertz CT molecular complexity index is 509. The first kappa shape index (κ1) is 10.2. The molecule has 0 aliphatic rings. The van der Waals surface area contributed by atoms with E-state index in [1.807, 2.05) is 36.4 Å². The molecule has 16 heavy (non-hydrogen) atoms. The Morgan fingerprint density at radius 2 is 1.81 bits per heavy atom. The third-order valence-electron chi connectivity index (χ3n) is 2.08. The van der Waals surface area contributed by atoms with Crippen LogP contribution >= 0.6 is 0 Å². The third kappa shape index (κ3) is 2.39. The van der Waals surface area contributed by atoms with Gasteiger partial charge in [-0.05, 0) is 23.8 Å². The van der Waals surface area contributed by atoms with Crippen molar-refractivity contribution < 1.29 is 14.3 Å². The van der Waals surface area contributed by atoms with Crippen LogP contribution in [0.5, 0.6) is 0 Å². The fourth-order valence-corrected chi connectivity index (χ4v) is 1.30. The molecule has 0 aliphatic heterocycles. The second-order valence-corrected chi connectivity index (χ2v) is 3.25. The maximum Gasteiger partial charge on any atom is 0.371 e. The Balaban J connectivity index is 2.15. The summed E-state index contributed by atoms with van der Waals surface area (Å²) in [5.41, 5.74) is 1.04. The van der Waals surface area contributed by atoms with Gasteiger partial charge >= 0.3 is 5.97 Å². The summed E-state index contributed by atoms with van der Waals surface area (Å²) in [4.78, 5) is 10.6. The van der Waals surface area contributed by atoms with Crippen LogP contribution < -0.4 is 0 Å². The number of hydrogen-bond acceptors (Lipinski definition) is 2. The van der Waals surface area contributed by atoms with Crippen molar-refractivity contribution in [3.8, 4) is 0 Å². The van der Waals surface area contributed by atoms with Gasteiger partial charge in [-0.3, -0.25) is 0 Å². The van der Waals surface area contributed by atoms with Crippen molar-refractivity contribution in [3.63, 3.8) is 0 Å². The highest BCUT2D eigenvalue weighted by atomic mass is 16.4. The Morgan fingerprint density at radius 3 is 2.44 bits per heavy atom. The topological polar surface area (TPSA) is 50.4 Å². The second kappa shape index (κ2) is 4.49. The highest BCUT2D eigenvalue weighted by molar-refractivity contribution is 5.84. The van der Waals surface area contributed by atoms with Crippen molar-refractivity contribution in [2.24, 2.45) is 0 Å². The van der Waals surface area contributed by atoms with Crippen LogP contribution in [0, 0.1) is 0 Å². The van der Waals surface area contributed by atoms with E-state index in [1.165, 1.54) is 6.07 Å². The molecule has 2 aromatic rings. The van der Waals surface area contributed by atoms with E-state index in [-0.39, 0.29) is 5.76 Å². The molecule has 0 bridgehead atoms. The zero-order valence-corrected chi connectivity index (χ0v) is 8.46. The zero-order valence-electron chi connectivity index (χ0n) is 8.46. The number of carbonyl (C=O) groups is 1. The van der Waals surface area contributed by atoms with Crippen LogP contribution in [0.25, 0.3) is 12.2 Å². The summed E-state index contributed by atoms with van der Waals surface area (Å²) >= 11 is 0. The Kier molecular flexibility index (Phi) is 2.87. The van der Waals surface area contributed by atoms with Gasteiger partial charge in [0.05, 0.1) is 0 Å². The van der Waals surface area contributed by atoms with E-state index in [1.54, 1.807) is 12.1 Å². The molecule has 0 radical (unpaired) electrons. The molecular formula is C13H10O3. The van der Waals surface area contributed by atoms with Gasteiger partial charge in [0.1, 0.15) is 5.76 Å². The van der Waals surface area contributed by atoms with Crippen molar-refractivity contribution in [2.75, 3.05) is 0 Å². The van der Waals surface area contributed by atoms with E-state index in [9.17, 15) is 4.79 Å². The molecule has 2 rings (SSSR count). The van der Waals surface area contributed by atoms with Crippen molar-refractivity contribution in [1.29, 1.82) is 0 Å². The van der Waals surface area contributed by atoms with Gasteiger partial charge in [0.2, 0.25) is 5.76 Å². The minimum Gasteiger partial charge on any atom is -0.475 e. The molecule has 1 heterocycles. The first-order valence-corrected chi connectivity index (χ1v) is 4.82. The van der Waals surface area contributed by atoms with Crippen LogP contribution in [0.2, 0.25) is 0 Å². The van der Waals surface area contributed by atoms with Gasteiger partial charge in [0.15, 0.2) is 0 Å². The SMILES string of the molecule is O=C(O)c1ccc(/C=C/c2ccccc2)o1. The summed E-state index contributed by atoms with van der Waals surface area (Å²) in [6, 6.07) is 12.8. The molecule has 0 amide bonds. The lowest BCUT2D eigenvalue weighted by molar-refractivity contribution is 0.0662. The predicted octanol–water partition coefficient (Wildman–Crippen LogP) is 3.15. The molecule has 0 unspecified atom stereocenters. The van der Waals surface area contributed by atoms with Crippen molar-refractivity contribution in [3.05, 3.63) is 59.5 Å². The number of furan rings is 1. The van der Waals surface area contributed by atoms with Crippen LogP contribution in [0.15, 0.2) is 46.9 Å². The molecule has 0 saturated carbocycles. The first-order valence-electron chi connectivity index (χ1n) is 4.82. The van der Waals surface area contributed by atoms with Crippen molar-refractivity contribution in [2.45, 2.75) is 0 Å². The summed E-state index contributed by atoms with van der Waals surface area (Å²) in [7, 11) is 0. The highest BCUT2D eigenvalue weighted by Gasteiger charge is 2.06. The minimum atomic E-state index is -1.06. The summed E-state index contributed by atoms with van der Waals surface area (Å²) in [5, 5.41) is 8.67. The molecule has 3 nitrogen and oxygen atoms in total. The number of rotatable bonds is 3. The predicted molar refractivity (Wildman–Crippen MR) is 61.0 cm³/mol. The zero-order chi connectivity index (χ0) is 11.4. The smallest absolute Gasteiger partial charge is 0.371 e. The molecular weight excluding hydrogens is 204 g/mol. The molecule has 80 valence electrons. The van der Waals surface area contributed by atoms with Gasteiger partial charge in [-0.1, -0.05) is 36.4 Å². The number of carboxylic acids is 1. The molecule has 0 atom stereocenters. The van der Waals surface area contributed by atoms with E-state index in [0.29, 0.717) is 5.76 Å². The standard InChI is InChI=1S/C13H10O3/c14-13(15)12-9-8-11(16-12)7-6-10-4-2-1-3-5-10/h1-9H,(H,14,15)/b7-6+. The van der Waals surface area contributed by atoms with Crippen LogP contribution in [0.1, 0.15) is 21.9 Å². The van der Waals surface area contributed by atoms with Gasteiger partial charge in [-0.15, -0.1) is 0 Å². The monoisotopic (exact) mass is 214 g/mol. The van der Waals surface area contributed by atoms with Gasteiger partial charge in [0, 0.05) is 0 Å². The molecule has 0 spiro atoms. The molecule has 3 heteroatoms. The minimum absolute atomic E-state index is 0.0484. The van der Waals surface area contributed by atoms with Gasteiger partial charge in [0.25, 0.3) is 0 Å². The maximum absolute atomic E-state index is 10.6. The molecule has 0 aliphatic carbocycles. The van der Waals surface area contributed by atoms with E-state index in [0.717, 1.165) is 5.56 Å². The molecule has 1 N–H and O–H groups in total. The first-order chi connectivity index (χ1) is 7.75. The number of hydrogen-bond donors (Lipinski definition) is 1. The average molecular weight is 214 g/mol. The van der Waals surface area contributed by atoms with E-state index >= 15 is 0 Å². The molecule has 0 fully saturated rings. The summed E-state index contributed by atoms with van der Waals surface area (Å²) in [5.74, 6) is -0.576. The molecule has 0 saturated heterocycles. The van der Waals surface area contributed by atoms with Gasteiger partial charge in [-0.2, -0.15) is 0 Å². The summed E-state index contributed by atoms with van der Waals surface area (Å²) < 4.78 is 5.08. The van der Waals surface area contributed by atoms with Crippen LogP contribution in [0.3, 0.4) is 0 Å². The lowest BCUT2D eigenvalue weighted by Crippen LogP contribution is -1.91. The maximum atomic E-state index is 10.6. The van der Waals surface area contributed by atoms with Crippen molar-refractivity contribution in [1.82, 2.24) is 0 Å². The number of aromatic carboxylic acids is 1. The quantitative estimate of drug-likeness (QED) is 0.853. The fraction of sp³-hybridized carbons (Fsp3) is 0. The second-order valence-electron chi connectivity index (χ2n) is 3.25. The lowest BCUT2D eigenvalue weighted by atomic mass is 10.2. The highest BCUT2D eigenvalue weighted by Crippen LogP contribution is 2.12. The van der Waals surface area contributed by atoms with Crippen LogP contribution in [-0.2, 0) is 0 Å². The van der Waals surface area contributed by atoms with E-state index in [4.69, 9.17) is 9.52 Å². The number of carboxylic acid groups (broad SMARTS) is 1. The molecule has 1 aromatic carbocycles. The van der Waals surface area contributed by atoms with Gasteiger partial charge < -0.3 is 9.52 Å². The van der Waals surface area contributed by atoms with Gasteiger partial charge in [-0.25, -0.2) is 4.79 Å². The average Bonchev–Trinajstić information content (AvgIpc) is 2.76.